The molecular weight excluding hydrogens is 234 g/mol. The van der Waals surface area contributed by atoms with E-state index in [0.717, 1.165) is 28.9 Å². The lowest BCUT2D eigenvalue weighted by molar-refractivity contribution is 0.346. The van der Waals surface area contributed by atoms with Gasteiger partial charge in [-0.15, -0.1) is 0 Å². The maximum Gasteiger partial charge on any atom is 0.185 e. The van der Waals surface area contributed by atoms with E-state index in [9.17, 15) is 0 Å². The Morgan fingerprint density at radius 2 is 2.24 bits per heavy atom. The molecule has 1 aliphatic heterocycles. The summed E-state index contributed by atoms with van der Waals surface area (Å²) in [4.78, 5) is 12.0. The predicted molar refractivity (Wildman–Crippen MR) is 69.6 cm³/mol. The molecule has 3 rings (SSSR count). The predicted octanol–water partition coefficient (Wildman–Crippen LogP) is 1.22. The Labute approximate surface area is 104 Å². The normalized spacial score (nSPS) is 15.9. The van der Waals surface area contributed by atoms with Crippen molar-refractivity contribution in [3.8, 4) is 10.7 Å². The molecule has 0 bridgehead atoms. The second kappa shape index (κ2) is 4.12. The van der Waals surface area contributed by atoms with Crippen LogP contribution in [0.2, 0.25) is 0 Å². The standard InChI is InChI=1S/C11H15N5S/c1-15(2)11-14-7-9(17-11)10-13-3-4-16(10)8-5-12-6-8/h3-4,7-8,12H,5-6H2,1-2H3. The lowest BCUT2D eigenvalue weighted by atomic mass is 10.2. The van der Waals surface area contributed by atoms with Crippen LogP contribution in [-0.2, 0) is 0 Å². The average molecular weight is 249 g/mol. The van der Waals surface area contributed by atoms with Crippen molar-refractivity contribution >= 4 is 16.5 Å². The van der Waals surface area contributed by atoms with Gasteiger partial charge >= 0.3 is 0 Å². The SMILES string of the molecule is CN(C)c1ncc(-c2nccn2C2CNC2)s1. The molecule has 0 aliphatic carbocycles. The van der Waals surface area contributed by atoms with Crippen molar-refractivity contribution in [2.24, 2.45) is 0 Å². The smallest absolute Gasteiger partial charge is 0.185 e. The molecule has 0 unspecified atom stereocenters. The van der Waals surface area contributed by atoms with Crippen LogP contribution in [0.15, 0.2) is 18.6 Å². The third kappa shape index (κ3) is 1.83. The molecule has 0 radical (unpaired) electrons. The molecule has 6 heteroatoms. The number of hydrogen-bond donors (Lipinski definition) is 1. The number of nitrogens with one attached hydrogen (secondary N) is 1. The van der Waals surface area contributed by atoms with Crippen molar-refractivity contribution in [2.45, 2.75) is 6.04 Å². The third-order valence-corrected chi connectivity index (χ3v) is 4.08. The number of imidazole rings is 1. The summed E-state index contributed by atoms with van der Waals surface area (Å²) in [6.45, 7) is 2.06. The lowest BCUT2D eigenvalue weighted by Gasteiger charge is -2.29. The number of anilines is 1. The summed E-state index contributed by atoms with van der Waals surface area (Å²) in [5.74, 6) is 1.03. The van der Waals surface area contributed by atoms with Gasteiger partial charge in [-0.3, -0.25) is 0 Å². The van der Waals surface area contributed by atoms with Gasteiger partial charge in [-0.05, 0) is 0 Å². The molecule has 0 spiro atoms. The van der Waals surface area contributed by atoms with Gasteiger partial charge < -0.3 is 14.8 Å². The van der Waals surface area contributed by atoms with Crippen molar-refractivity contribution in [3.63, 3.8) is 0 Å². The molecule has 1 fully saturated rings. The Hall–Kier alpha value is -1.40. The molecule has 2 aromatic rings. The summed E-state index contributed by atoms with van der Waals surface area (Å²) in [5.41, 5.74) is 0. The van der Waals surface area contributed by atoms with E-state index >= 15 is 0 Å². The van der Waals surface area contributed by atoms with Crippen LogP contribution in [-0.4, -0.2) is 41.7 Å². The molecule has 17 heavy (non-hydrogen) atoms. The Morgan fingerprint density at radius 3 is 2.82 bits per heavy atom. The first-order chi connectivity index (χ1) is 8.25. The van der Waals surface area contributed by atoms with E-state index in [1.54, 1.807) is 11.3 Å². The Morgan fingerprint density at radius 1 is 1.41 bits per heavy atom. The summed E-state index contributed by atoms with van der Waals surface area (Å²) < 4.78 is 2.24. The second-order valence-corrected chi connectivity index (χ2v) is 5.38. The summed E-state index contributed by atoms with van der Waals surface area (Å²) in [6.07, 6.45) is 5.82. The van der Waals surface area contributed by atoms with Gasteiger partial charge in [0.15, 0.2) is 11.0 Å². The number of nitrogens with zero attached hydrogens (tertiary/aromatic N) is 4. The van der Waals surface area contributed by atoms with Crippen LogP contribution in [0.3, 0.4) is 0 Å². The van der Waals surface area contributed by atoms with E-state index < -0.39 is 0 Å². The first-order valence-electron chi connectivity index (χ1n) is 5.63. The summed E-state index contributed by atoms with van der Waals surface area (Å²) in [5, 5.41) is 4.30. The van der Waals surface area contributed by atoms with Crippen molar-refractivity contribution in [1.29, 1.82) is 0 Å². The highest BCUT2D eigenvalue weighted by Gasteiger charge is 2.22. The first-order valence-corrected chi connectivity index (χ1v) is 6.44. The van der Waals surface area contributed by atoms with Crippen LogP contribution in [0.5, 0.6) is 0 Å². The van der Waals surface area contributed by atoms with Gasteiger partial charge in [0.2, 0.25) is 0 Å². The average Bonchev–Trinajstić information content (AvgIpc) is 2.80. The minimum absolute atomic E-state index is 0.539. The Kier molecular flexibility index (Phi) is 2.60. The van der Waals surface area contributed by atoms with Crippen molar-refractivity contribution in [3.05, 3.63) is 18.6 Å². The minimum Gasteiger partial charge on any atom is -0.354 e. The summed E-state index contributed by atoms with van der Waals surface area (Å²) >= 11 is 1.68. The van der Waals surface area contributed by atoms with Crippen LogP contribution in [0, 0.1) is 0 Å². The topological polar surface area (TPSA) is 46.0 Å². The van der Waals surface area contributed by atoms with Gasteiger partial charge in [0, 0.05) is 39.6 Å². The highest BCUT2D eigenvalue weighted by atomic mass is 32.1. The quantitative estimate of drug-likeness (QED) is 0.888. The fourth-order valence-electron chi connectivity index (χ4n) is 1.84. The Bertz CT molecular complexity index is 511. The minimum atomic E-state index is 0.539. The molecule has 1 N–H and O–H groups in total. The molecule has 0 aromatic carbocycles. The maximum atomic E-state index is 4.45. The van der Waals surface area contributed by atoms with Crippen molar-refractivity contribution in [2.75, 3.05) is 32.1 Å². The van der Waals surface area contributed by atoms with E-state index in [4.69, 9.17) is 0 Å². The molecule has 0 saturated carbocycles. The van der Waals surface area contributed by atoms with E-state index in [1.807, 2.05) is 31.4 Å². The van der Waals surface area contributed by atoms with Gasteiger partial charge in [0.05, 0.1) is 17.1 Å². The highest BCUT2D eigenvalue weighted by molar-refractivity contribution is 7.18. The van der Waals surface area contributed by atoms with Crippen LogP contribution < -0.4 is 10.2 Å². The summed E-state index contributed by atoms with van der Waals surface area (Å²) in [7, 11) is 4.01. The molecule has 0 atom stereocenters. The molecule has 90 valence electrons. The van der Waals surface area contributed by atoms with E-state index in [2.05, 4.69) is 26.0 Å². The summed E-state index contributed by atoms with van der Waals surface area (Å²) in [6, 6.07) is 0.539. The molecule has 0 amide bonds. The van der Waals surface area contributed by atoms with Crippen LogP contribution >= 0.6 is 11.3 Å². The molecule has 1 aliphatic rings. The fourth-order valence-corrected chi connectivity index (χ4v) is 2.68. The van der Waals surface area contributed by atoms with Gasteiger partial charge in [-0.1, -0.05) is 11.3 Å². The van der Waals surface area contributed by atoms with Crippen molar-refractivity contribution in [1.82, 2.24) is 19.9 Å². The van der Waals surface area contributed by atoms with Crippen LogP contribution in [0.1, 0.15) is 6.04 Å². The van der Waals surface area contributed by atoms with Gasteiger partial charge in [-0.25, -0.2) is 9.97 Å². The van der Waals surface area contributed by atoms with E-state index in [-0.39, 0.29) is 0 Å². The van der Waals surface area contributed by atoms with E-state index in [0.29, 0.717) is 6.04 Å². The van der Waals surface area contributed by atoms with Crippen LogP contribution in [0.25, 0.3) is 10.7 Å². The zero-order chi connectivity index (χ0) is 11.8. The molecule has 1 saturated heterocycles. The number of hydrogen-bond acceptors (Lipinski definition) is 5. The molecule has 2 aromatic heterocycles. The lowest BCUT2D eigenvalue weighted by Crippen LogP contribution is -2.43. The molecule has 3 heterocycles. The third-order valence-electron chi connectivity index (χ3n) is 2.92. The van der Waals surface area contributed by atoms with E-state index in [1.165, 1.54) is 0 Å². The van der Waals surface area contributed by atoms with Gasteiger partial charge in [0.1, 0.15) is 0 Å². The Balaban J connectivity index is 1.94. The second-order valence-electron chi connectivity index (χ2n) is 4.37. The zero-order valence-electron chi connectivity index (χ0n) is 9.92. The largest absolute Gasteiger partial charge is 0.354 e. The monoisotopic (exact) mass is 249 g/mol. The molecule has 5 nitrogen and oxygen atoms in total. The number of aromatic nitrogens is 3. The number of rotatable bonds is 3. The fraction of sp³-hybridized carbons (Fsp3) is 0.455. The molecular formula is C11H15N5S. The van der Waals surface area contributed by atoms with Crippen molar-refractivity contribution < 1.29 is 0 Å². The van der Waals surface area contributed by atoms with Crippen LogP contribution in [0.4, 0.5) is 5.13 Å². The zero-order valence-corrected chi connectivity index (χ0v) is 10.7. The maximum absolute atomic E-state index is 4.45. The van der Waals surface area contributed by atoms with Gasteiger partial charge in [-0.2, -0.15) is 0 Å². The first kappa shape index (κ1) is 10.7. The number of thiazole rings is 1. The van der Waals surface area contributed by atoms with Gasteiger partial charge in [0.25, 0.3) is 0 Å². The highest BCUT2D eigenvalue weighted by Crippen LogP contribution is 2.31.